The number of hydrogen-bond acceptors (Lipinski definition) is 6. The molecule has 3 aromatic heterocycles. The quantitative estimate of drug-likeness (QED) is 0.515. The van der Waals surface area contributed by atoms with E-state index in [1.165, 1.54) is 17.8 Å². The molecule has 0 amide bonds. The first-order valence-corrected chi connectivity index (χ1v) is 9.96. The van der Waals surface area contributed by atoms with Crippen molar-refractivity contribution in [3.05, 3.63) is 69.7 Å². The van der Waals surface area contributed by atoms with Gasteiger partial charge in [0.05, 0.1) is 28.6 Å². The lowest BCUT2D eigenvalue weighted by molar-refractivity contribution is 0.640. The van der Waals surface area contributed by atoms with Gasteiger partial charge in [-0.15, -0.1) is 0 Å². The Balaban J connectivity index is 1.98. The van der Waals surface area contributed by atoms with Crippen molar-refractivity contribution in [2.75, 3.05) is 5.32 Å². The van der Waals surface area contributed by atoms with Crippen molar-refractivity contribution in [3.63, 3.8) is 0 Å². The molecular weight excluding hydrogens is 397 g/mol. The number of aromatic nitrogens is 6. The fourth-order valence-corrected chi connectivity index (χ4v) is 3.54. The van der Waals surface area contributed by atoms with Crippen LogP contribution in [-0.2, 0) is 0 Å². The second-order valence-corrected chi connectivity index (χ2v) is 6.96. The minimum Gasteiger partial charge on any atom is -0.358 e. The Labute approximate surface area is 177 Å². The molecule has 31 heavy (non-hydrogen) atoms. The number of hydrogen-bond donors (Lipinski definition) is 2. The maximum absolute atomic E-state index is 14.3. The third-order valence-corrected chi connectivity index (χ3v) is 5.02. The van der Waals surface area contributed by atoms with Gasteiger partial charge in [-0.3, -0.25) is 9.36 Å². The van der Waals surface area contributed by atoms with E-state index in [0.29, 0.717) is 40.3 Å². The summed E-state index contributed by atoms with van der Waals surface area (Å²) >= 11 is 0. The molecule has 0 saturated heterocycles. The summed E-state index contributed by atoms with van der Waals surface area (Å²) < 4.78 is 15.8. The summed E-state index contributed by atoms with van der Waals surface area (Å²) in [7, 11) is 0. The molecule has 8 nitrogen and oxygen atoms in total. The van der Waals surface area contributed by atoms with E-state index in [1.807, 2.05) is 25.1 Å². The maximum atomic E-state index is 14.3. The van der Waals surface area contributed by atoms with Crippen LogP contribution in [0.2, 0.25) is 0 Å². The molecule has 1 unspecified atom stereocenters. The summed E-state index contributed by atoms with van der Waals surface area (Å²) in [5.74, 6) is 0.434. The molecule has 3 heterocycles. The van der Waals surface area contributed by atoms with Gasteiger partial charge in [0, 0.05) is 0 Å². The van der Waals surface area contributed by atoms with E-state index >= 15 is 0 Å². The zero-order chi connectivity index (χ0) is 22.0. The van der Waals surface area contributed by atoms with Crippen molar-refractivity contribution in [1.82, 2.24) is 29.5 Å². The average Bonchev–Trinajstić information content (AvgIpc) is 3.26. The number of H-pyrrole nitrogens is 1. The molecule has 1 atom stereocenters. The van der Waals surface area contributed by atoms with E-state index in [1.54, 1.807) is 31.5 Å². The number of para-hydroxylation sites is 1. The van der Waals surface area contributed by atoms with Crippen LogP contribution in [0.3, 0.4) is 0 Å². The monoisotopic (exact) mass is 419 g/mol. The molecule has 0 aliphatic rings. The van der Waals surface area contributed by atoms with Gasteiger partial charge in [-0.25, -0.2) is 24.3 Å². The van der Waals surface area contributed by atoms with E-state index in [0.717, 1.165) is 0 Å². The summed E-state index contributed by atoms with van der Waals surface area (Å²) in [6, 6.07) is 8.71. The minimum absolute atomic E-state index is 0.0389. The molecule has 4 rings (SSSR count). The lowest BCUT2D eigenvalue weighted by Gasteiger charge is -2.21. The Bertz CT molecular complexity index is 1410. The Morgan fingerprint density at radius 1 is 1.26 bits per heavy atom. The Morgan fingerprint density at radius 2 is 2.03 bits per heavy atom. The average molecular weight is 419 g/mol. The second-order valence-electron chi connectivity index (χ2n) is 6.96. The molecule has 0 aliphatic heterocycles. The first kappa shape index (κ1) is 20.4. The number of imidazole rings is 1. The van der Waals surface area contributed by atoms with E-state index in [4.69, 9.17) is 4.98 Å². The molecule has 0 aliphatic carbocycles. The fraction of sp³-hybridized carbons (Fsp3) is 0.227. The van der Waals surface area contributed by atoms with Crippen molar-refractivity contribution in [2.45, 2.75) is 33.2 Å². The normalized spacial score (nSPS) is 14.0. The van der Waals surface area contributed by atoms with Gasteiger partial charge >= 0.3 is 0 Å². The molecule has 0 bridgehead atoms. The van der Waals surface area contributed by atoms with Crippen molar-refractivity contribution < 1.29 is 4.39 Å². The standard InChI is InChI=1S/C22H22FN7O/c1-4-15-17(13(3)23)22(31)30(14-9-7-6-8-10-14)21(29-15)16(5-2)28-20-18-19(25-11-24-18)26-12-27-20/h4,6-12,16H,5H2,1-3H3,(H2,24,25,26,27,28)/b15-4?,17-13-. The highest BCUT2D eigenvalue weighted by Gasteiger charge is 2.21. The van der Waals surface area contributed by atoms with E-state index < -0.39 is 11.4 Å². The van der Waals surface area contributed by atoms with Crippen LogP contribution in [0.5, 0.6) is 0 Å². The molecule has 0 radical (unpaired) electrons. The van der Waals surface area contributed by atoms with Crippen LogP contribution in [0.4, 0.5) is 10.2 Å². The summed E-state index contributed by atoms with van der Waals surface area (Å²) in [4.78, 5) is 33.8. The van der Waals surface area contributed by atoms with Gasteiger partial charge in [0.1, 0.15) is 23.5 Å². The Kier molecular flexibility index (Phi) is 5.57. The highest BCUT2D eigenvalue weighted by molar-refractivity contribution is 5.82. The van der Waals surface area contributed by atoms with Gasteiger partial charge in [0.2, 0.25) is 0 Å². The first-order valence-electron chi connectivity index (χ1n) is 9.96. The lowest BCUT2D eigenvalue weighted by atomic mass is 10.1. The van der Waals surface area contributed by atoms with Crippen LogP contribution >= 0.6 is 0 Å². The molecule has 2 N–H and O–H groups in total. The molecule has 0 saturated carbocycles. The molecule has 1 aromatic carbocycles. The van der Waals surface area contributed by atoms with Gasteiger partial charge in [0.15, 0.2) is 11.5 Å². The van der Waals surface area contributed by atoms with Crippen LogP contribution in [-0.4, -0.2) is 29.5 Å². The van der Waals surface area contributed by atoms with Crippen LogP contribution in [0.1, 0.15) is 39.1 Å². The SMILES string of the molecule is CC=c1nc(C(CC)Nc2ncnc3nc[nH]c23)n(-c2ccccc2)c(=O)/c1=C(/C)F. The van der Waals surface area contributed by atoms with Gasteiger partial charge in [-0.1, -0.05) is 31.2 Å². The van der Waals surface area contributed by atoms with Gasteiger partial charge in [0.25, 0.3) is 5.56 Å². The number of anilines is 1. The molecule has 158 valence electrons. The van der Waals surface area contributed by atoms with Crippen molar-refractivity contribution >= 4 is 28.9 Å². The molecule has 0 fully saturated rings. The van der Waals surface area contributed by atoms with Crippen molar-refractivity contribution in [1.29, 1.82) is 0 Å². The molecular formula is C22H22FN7O. The number of nitrogens with one attached hydrogen (secondary N) is 2. The number of nitrogens with zero attached hydrogens (tertiary/aromatic N) is 5. The third-order valence-electron chi connectivity index (χ3n) is 5.02. The molecule has 0 spiro atoms. The largest absolute Gasteiger partial charge is 0.358 e. The van der Waals surface area contributed by atoms with Crippen molar-refractivity contribution in [3.8, 4) is 5.69 Å². The van der Waals surface area contributed by atoms with Gasteiger partial charge in [-0.05, 0) is 32.4 Å². The third kappa shape index (κ3) is 3.70. The van der Waals surface area contributed by atoms with E-state index in [-0.39, 0.29) is 11.3 Å². The topological polar surface area (TPSA) is 101 Å². The zero-order valence-corrected chi connectivity index (χ0v) is 17.4. The molecule has 4 aromatic rings. The smallest absolute Gasteiger partial charge is 0.268 e. The predicted molar refractivity (Wildman–Crippen MR) is 118 cm³/mol. The van der Waals surface area contributed by atoms with E-state index in [2.05, 4.69) is 25.3 Å². The lowest BCUT2D eigenvalue weighted by Crippen LogP contribution is -2.49. The fourth-order valence-electron chi connectivity index (χ4n) is 3.54. The number of fused-ring (bicyclic) bond motifs is 1. The number of rotatable bonds is 5. The summed E-state index contributed by atoms with van der Waals surface area (Å²) in [5.41, 5.74) is 1.33. The highest BCUT2D eigenvalue weighted by atomic mass is 19.1. The van der Waals surface area contributed by atoms with Crippen LogP contribution < -0.4 is 21.4 Å². The van der Waals surface area contributed by atoms with Gasteiger partial charge < -0.3 is 10.3 Å². The van der Waals surface area contributed by atoms with Crippen molar-refractivity contribution in [2.24, 2.45) is 0 Å². The van der Waals surface area contributed by atoms with Crippen LogP contribution in [0.15, 0.2) is 47.8 Å². The summed E-state index contributed by atoms with van der Waals surface area (Å²) in [6.45, 7) is 4.98. The number of aromatic amines is 1. The summed E-state index contributed by atoms with van der Waals surface area (Å²) in [6.07, 6.45) is 5.21. The zero-order valence-electron chi connectivity index (χ0n) is 17.4. The molecule has 9 heteroatoms. The summed E-state index contributed by atoms with van der Waals surface area (Å²) in [5, 5.41) is 3.62. The van der Waals surface area contributed by atoms with E-state index in [9.17, 15) is 9.18 Å². The number of benzene rings is 1. The Hall–Kier alpha value is -3.88. The van der Waals surface area contributed by atoms with Crippen LogP contribution in [0, 0.1) is 0 Å². The maximum Gasteiger partial charge on any atom is 0.268 e. The highest BCUT2D eigenvalue weighted by Crippen LogP contribution is 2.23. The number of halogens is 1. The van der Waals surface area contributed by atoms with Gasteiger partial charge in [-0.2, -0.15) is 0 Å². The minimum atomic E-state index is -0.571. The predicted octanol–water partition coefficient (Wildman–Crippen LogP) is 2.36. The first-order chi connectivity index (χ1) is 15.0. The second kappa shape index (κ2) is 8.47. The van der Waals surface area contributed by atoms with Crippen LogP contribution in [0.25, 0.3) is 28.8 Å². The Morgan fingerprint density at radius 3 is 2.71 bits per heavy atom.